The van der Waals surface area contributed by atoms with Crippen LogP contribution in [0.4, 0.5) is 30.7 Å². The first kappa shape index (κ1) is 83.3. The predicted octanol–water partition coefficient (Wildman–Crippen LogP) is 5.08. The first-order chi connectivity index (χ1) is 48.7. The number of hydrogen-bond donors (Lipinski definition) is 3. The lowest BCUT2D eigenvalue weighted by Crippen LogP contribution is -2.68. The van der Waals surface area contributed by atoms with Crippen molar-refractivity contribution in [3.05, 3.63) is 34.9 Å². The van der Waals surface area contributed by atoms with E-state index in [9.17, 15) is 56.3 Å². The maximum atomic E-state index is 16.1. The molecule has 1 unspecified atom stereocenters. The number of fused-ring (bicyclic) bond motifs is 1. The third-order valence-corrected chi connectivity index (χ3v) is 22.0. The molecule has 25 nitrogen and oxygen atoms in total. The summed E-state index contributed by atoms with van der Waals surface area (Å²) in [5, 5.41) is 7.80. The number of aryl methyl sites for hydroxylation is 1. The highest BCUT2D eigenvalue weighted by atomic mass is 19.4. The van der Waals surface area contributed by atoms with Gasteiger partial charge >= 0.3 is 6.18 Å². The first-order valence-corrected chi connectivity index (χ1v) is 36.5. The Morgan fingerprint density at radius 1 is 0.635 bits per heavy atom. The van der Waals surface area contributed by atoms with E-state index in [1.807, 2.05) is 13.8 Å². The highest BCUT2D eigenvalue weighted by Crippen LogP contribution is 2.40. The SMILES string of the molecule is CC[C@H](C)[C@@H]1NC(=O)[C@H](CC(C)C)N(C)C(=O)C[C@@H](C(=O)N2CCCC2)N(C)C(=O)[C@H](C2CCCCC2)N(C)C(=O)C2(CCC2)NC(=O)C2CC(F)(F)CN2C(=O)[C@H](CCc2cc(F)c(C(F)(F)F)c(F)c2)NC(=O)CN(C)C(=O)[C@H](C(=O)CC2CCCCC2)N(C)C(=O)CN(C)C(=O)CN(C)C1=O. The molecule has 3 N–H and O–H groups in total. The number of likely N-dealkylation sites (tertiary alicyclic amines) is 1. The van der Waals surface area contributed by atoms with Crippen molar-refractivity contribution in [3.63, 3.8) is 0 Å². The number of rotatable bonds is 12. The molecular weight excluding hydrogens is 1370 g/mol. The van der Waals surface area contributed by atoms with Gasteiger partial charge in [-0.25, -0.2) is 17.6 Å². The number of amides is 12. The van der Waals surface area contributed by atoms with Crippen LogP contribution in [0.1, 0.15) is 174 Å². The molecule has 7 rings (SSSR count). The van der Waals surface area contributed by atoms with Crippen molar-refractivity contribution in [1.29, 1.82) is 0 Å². The largest absolute Gasteiger partial charge is 0.422 e. The Kier molecular flexibility index (Phi) is 28.4. The Morgan fingerprint density at radius 3 is 1.77 bits per heavy atom. The number of carbonyl (C=O) groups excluding carboxylic acids is 13. The van der Waals surface area contributed by atoms with E-state index in [0.29, 0.717) is 94.3 Å². The minimum Gasteiger partial charge on any atom is -0.343 e. The zero-order valence-electron chi connectivity index (χ0n) is 61.8. The van der Waals surface area contributed by atoms with Crippen LogP contribution in [0.15, 0.2) is 12.1 Å². The van der Waals surface area contributed by atoms with E-state index in [-0.39, 0.29) is 37.5 Å². The van der Waals surface area contributed by atoms with Crippen LogP contribution in [-0.4, -0.2) is 263 Å². The number of ketones is 1. The Balaban J connectivity index is 1.31. The van der Waals surface area contributed by atoms with E-state index in [1.54, 1.807) is 13.8 Å². The van der Waals surface area contributed by atoms with Crippen molar-refractivity contribution >= 4 is 76.7 Å². The monoisotopic (exact) mass is 1480 g/mol. The van der Waals surface area contributed by atoms with Gasteiger partial charge in [-0.1, -0.05) is 85.5 Å². The smallest absolute Gasteiger partial charge is 0.343 e. The molecule has 8 atom stereocenters. The van der Waals surface area contributed by atoms with E-state index in [1.165, 1.54) is 40.1 Å². The molecule has 12 amide bonds. The van der Waals surface area contributed by atoms with Crippen LogP contribution < -0.4 is 16.0 Å². The number of Topliss-reactive ketones (excluding diaryl/α,β-unsaturated/α-hetero) is 1. The van der Waals surface area contributed by atoms with Crippen LogP contribution in [0.2, 0.25) is 0 Å². The van der Waals surface area contributed by atoms with E-state index < -0.39 is 223 Å². The number of likely N-dealkylation sites (N-methyl/N-ethyl adjacent to an activating group) is 7. The number of halogens is 7. The fourth-order valence-electron chi connectivity index (χ4n) is 15.4. The summed E-state index contributed by atoms with van der Waals surface area (Å²) in [6.07, 6.45) is -0.948. The van der Waals surface area contributed by atoms with E-state index in [4.69, 9.17) is 0 Å². The molecule has 3 saturated carbocycles. The van der Waals surface area contributed by atoms with Crippen LogP contribution in [0.5, 0.6) is 0 Å². The van der Waals surface area contributed by atoms with Gasteiger partial charge < -0.3 is 60.0 Å². The number of benzene rings is 1. The van der Waals surface area contributed by atoms with Crippen LogP contribution in [0, 0.1) is 35.3 Å². The third kappa shape index (κ3) is 20.1. The molecule has 3 aliphatic heterocycles. The summed E-state index contributed by atoms with van der Waals surface area (Å²) < 4.78 is 104. The molecule has 3 heterocycles. The van der Waals surface area contributed by atoms with Crippen molar-refractivity contribution in [1.82, 2.24) is 60.0 Å². The number of alkyl halides is 5. The Bertz CT molecular complexity index is 3330. The van der Waals surface area contributed by atoms with Gasteiger partial charge in [-0.15, -0.1) is 0 Å². The average Bonchev–Trinajstić information content (AvgIpc) is 1.36. The summed E-state index contributed by atoms with van der Waals surface area (Å²) in [6, 6.07) is -10.9. The van der Waals surface area contributed by atoms with Crippen molar-refractivity contribution in [2.45, 2.75) is 229 Å². The van der Waals surface area contributed by atoms with Gasteiger partial charge in [0.05, 0.1) is 32.6 Å². The van der Waals surface area contributed by atoms with Crippen molar-refractivity contribution in [2.24, 2.45) is 23.7 Å². The second kappa shape index (κ2) is 35.4. The average molecular weight is 1480 g/mol. The molecule has 1 aromatic rings. The van der Waals surface area contributed by atoms with Crippen LogP contribution >= 0.6 is 0 Å². The zero-order chi connectivity index (χ0) is 77.2. The van der Waals surface area contributed by atoms with Crippen molar-refractivity contribution in [3.8, 4) is 0 Å². The minimum atomic E-state index is -5.49. The van der Waals surface area contributed by atoms with Crippen LogP contribution in [-0.2, 0) is 74.9 Å². The first-order valence-electron chi connectivity index (χ1n) is 36.5. The summed E-state index contributed by atoms with van der Waals surface area (Å²) in [5.74, 6) is -21.5. The topological polar surface area (TPSA) is 287 Å². The predicted molar refractivity (Wildman–Crippen MR) is 365 cm³/mol. The second-order valence-corrected chi connectivity index (χ2v) is 30.3. The Labute approximate surface area is 603 Å². The summed E-state index contributed by atoms with van der Waals surface area (Å²) in [7, 11) is 8.76. The summed E-state index contributed by atoms with van der Waals surface area (Å²) in [6.45, 7) is 3.71. The van der Waals surface area contributed by atoms with E-state index in [2.05, 4.69) is 16.0 Å². The molecule has 0 bridgehead atoms. The molecule has 6 fully saturated rings. The lowest BCUT2D eigenvalue weighted by Gasteiger charge is -2.47. The van der Waals surface area contributed by atoms with Gasteiger partial charge in [-0.2, -0.15) is 13.2 Å². The fourth-order valence-corrected chi connectivity index (χ4v) is 15.4. The van der Waals surface area contributed by atoms with Gasteiger partial charge in [0.1, 0.15) is 59.0 Å². The third-order valence-electron chi connectivity index (χ3n) is 22.0. The van der Waals surface area contributed by atoms with Crippen molar-refractivity contribution < 1.29 is 93.1 Å². The van der Waals surface area contributed by atoms with E-state index >= 15 is 36.7 Å². The quantitative estimate of drug-likeness (QED) is 0.182. The molecule has 0 aromatic heterocycles. The Hall–Kier alpha value is -7.96. The molecule has 0 radical (unpaired) electrons. The maximum absolute atomic E-state index is 16.1. The van der Waals surface area contributed by atoms with Gasteiger partial charge in [-0.3, -0.25) is 62.3 Å². The van der Waals surface area contributed by atoms with Crippen molar-refractivity contribution in [2.75, 3.05) is 88.6 Å². The fraction of sp³-hybridized carbons (Fsp3) is 0.736. The molecule has 32 heteroatoms. The normalized spacial score (nSPS) is 26.6. The van der Waals surface area contributed by atoms with Gasteiger partial charge in [0.15, 0.2) is 11.8 Å². The highest BCUT2D eigenvalue weighted by Gasteiger charge is 2.56. The summed E-state index contributed by atoms with van der Waals surface area (Å²) in [5.41, 5.74) is -4.62. The van der Waals surface area contributed by atoms with Gasteiger partial charge in [0.25, 0.3) is 11.8 Å². The Morgan fingerprint density at radius 2 is 1.21 bits per heavy atom. The lowest BCUT2D eigenvalue weighted by molar-refractivity contribution is -0.158. The van der Waals surface area contributed by atoms with Crippen LogP contribution in [0.25, 0.3) is 0 Å². The molecule has 3 aliphatic carbocycles. The molecule has 1 spiro atoms. The summed E-state index contributed by atoms with van der Waals surface area (Å²) >= 11 is 0. The molecule has 104 heavy (non-hydrogen) atoms. The van der Waals surface area contributed by atoms with E-state index in [0.717, 1.165) is 74.1 Å². The lowest BCUT2D eigenvalue weighted by atomic mass is 9.74. The molecular formula is C72H105F7N12O13. The number of hydrogen-bond acceptors (Lipinski definition) is 13. The van der Waals surface area contributed by atoms with Crippen LogP contribution in [0.3, 0.4) is 0 Å². The number of carbonyl (C=O) groups is 13. The van der Waals surface area contributed by atoms with Gasteiger partial charge in [0.2, 0.25) is 65.0 Å². The molecule has 3 saturated heterocycles. The summed E-state index contributed by atoms with van der Waals surface area (Å²) in [4.78, 5) is 201. The molecule has 1 aromatic carbocycles. The number of nitrogens with zero attached hydrogens (tertiary/aromatic N) is 9. The van der Waals surface area contributed by atoms with Gasteiger partial charge in [-0.05, 0) is 106 Å². The zero-order valence-corrected chi connectivity index (χ0v) is 61.8. The molecule has 580 valence electrons. The standard InChI is InChI=1S/C72H105F7N12O13/c1-12-43(4)59-66(101)85(7)39-56(95)83(5)40-57(96)88(10)61(53(92)35-44-22-15-13-16-23-44)67(102)84(6)38-54(93)80-49(27-26-45-33-47(73)58(48(74)34-45)72(77,78)79)64(99)91-41-71(75,76)37-52(91)63(98)82-70(28-21-29-70)69(104)89(11)60(46-24-17-14-18-25-46)68(103)87(9)51(65(100)90-30-19-20-31-90)36-55(94)86(8)50(32-42(2)3)62(97)81-59/h33-34,42-44,46,49-52,59-61H,12-32,35-41H2,1-11H3,(H,80,93)(H,81,97)(H,82,98)/t43-,49-,50-,51-,52?,59-,60-,61-/m0/s1. The minimum absolute atomic E-state index is 0.0506. The maximum Gasteiger partial charge on any atom is 0.422 e. The molecule has 6 aliphatic rings. The second-order valence-electron chi connectivity index (χ2n) is 30.3. The number of nitrogens with one attached hydrogen (secondary N) is 3. The van der Waals surface area contributed by atoms with Gasteiger partial charge in [0, 0.05) is 75.3 Å². The highest BCUT2D eigenvalue weighted by molar-refractivity contribution is 6.09.